The molecular formula is C38H44Cl2N4O8S. The van der Waals surface area contributed by atoms with Gasteiger partial charge in [0.1, 0.15) is 0 Å². The lowest BCUT2D eigenvalue weighted by Gasteiger charge is -2.33. The van der Waals surface area contributed by atoms with E-state index in [0.29, 0.717) is 94.4 Å². The molecule has 2 fully saturated rings. The fourth-order valence-corrected chi connectivity index (χ4v) is 7.70. The van der Waals surface area contributed by atoms with E-state index in [0.717, 1.165) is 0 Å². The first-order valence-electron chi connectivity index (χ1n) is 17.2. The van der Waals surface area contributed by atoms with Crippen molar-refractivity contribution >= 4 is 82.7 Å². The van der Waals surface area contributed by atoms with E-state index in [1.165, 1.54) is 52.0 Å². The molecule has 0 atom stereocenters. The lowest BCUT2D eigenvalue weighted by Crippen LogP contribution is -2.49. The Morgan fingerprint density at radius 1 is 0.604 bits per heavy atom. The monoisotopic (exact) mass is 786 g/mol. The molecule has 2 heterocycles. The van der Waals surface area contributed by atoms with Crippen molar-refractivity contribution in [3.63, 3.8) is 0 Å². The van der Waals surface area contributed by atoms with Crippen LogP contribution < -0.4 is 0 Å². The molecule has 0 bridgehead atoms. The van der Waals surface area contributed by atoms with Crippen molar-refractivity contribution in [3.8, 4) is 0 Å². The summed E-state index contributed by atoms with van der Waals surface area (Å²) in [6, 6.07) is 7.27. The maximum atomic E-state index is 13.0. The fraction of sp³-hybridized carbons (Fsp3) is 0.421. The van der Waals surface area contributed by atoms with Gasteiger partial charge >= 0.3 is 11.9 Å². The topological polar surface area (TPSA) is 134 Å². The highest BCUT2D eigenvalue weighted by atomic mass is 35.5. The van der Waals surface area contributed by atoms with Gasteiger partial charge in [-0.1, -0.05) is 47.1 Å². The van der Waals surface area contributed by atoms with E-state index in [1.807, 2.05) is 24.3 Å². The number of carbonyl (C=O) groups excluding carboxylic acids is 6. The summed E-state index contributed by atoms with van der Waals surface area (Å²) in [7, 11) is 2.62. The molecule has 2 aliphatic heterocycles. The SMILES string of the molecule is COC(=O)CCc1c(C=CC(=O)N2CCN(C(C)=O)CC2)ccc(Sc2ccc(C=CC(=O)N3CCN(C(C)=O)CC3)c(CCC(=O)OC)c2Cl)c1Cl. The molecule has 15 heteroatoms. The van der Waals surface area contributed by atoms with Crippen molar-refractivity contribution < 1.29 is 38.2 Å². The Morgan fingerprint density at radius 2 is 0.943 bits per heavy atom. The lowest BCUT2D eigenvalue weighted by molar-refractivity contribution is -0.141. The number of nitrogens with zero attached hydrogens (tertiary/aromatic N) is 4. The molecule has 2 aliphatic rings. The van der Waals surface area contributed by atoms with Crippen molar-refractivity contribution in [1.29, 1.82) is 0 Å². The van der Waals surface area contributed by atoms with Crippen molar-refractivity contribution in [2.75, 3.05) is 66.6 Å². The van der Waals surface area contributed by atoms with Gasteiger partial charge in [-0.05, 0) is 59.4 Å². The van der Waals surface area contributed by atoms with Crippen LogP contribution in [-0.2, 0) is 51.1 Å². The highest BCUT2D eigenvalue weighted by Crippen LogP contribution is 2.42. The number of amides is 4. The molecule has 4 amide bonds. The number of rotatable bonds is 12. The van der Waals surface area contributed by atoms with Crippen molar-refractivity contribution in [2.24, 2.45) is 0 Å². The number of piperazine rings is 2. The highest BCUT2D eigenvalue weighted by Gasteiger charge is 2.23. The first-order chi connectivity index (χ1) is 25.3. The van der Waals surface area contributed by atoms with Gasteiger partial charge in [-0.25, -0.2) is 0 Å². The molecule has 53 heavy (non-hydrogen) atoms. The first kappa shape index (κ1) is 41.4. The van der Waals surface area contributed by atoms with Crippen LogP contribution in [-0.4, -0.2) is 122 Å². The van der Waals surface area contributed by atoms with Crippen LogP contribution in [0.25, 0.3) is 12.2 Å². The standard InChI is InChI=1S/C38H44Cl2N4O8S/c1-25(45)41-17-21-43(22-18-41)33(47)13-7-27-5-11-31(37(39)29(27)9-15-35(49)51-3)53-32-12-6-28(30(38(32)40)10-16-36(50)52-4)8-14-34(48)44-23-19-42(20-24-44)26(2)46/h5-8,11-14H,9-10,15-24H2,1-4H3. The van der Waals surface area contributed by atoms with E-state index in [4.69, 9.17) is 32.7 Å². The van der Waals surface area contributed by atoms with Gasteiger partial charge < -0.3 is 29.1 Å². The summed E-state index contributed by atoms with van der Waals surface area (Å²) in [6.45, 7) is 6.64. The van der Waals surface area contributed by atoms with Crippen LogP contribution in [0.4, 0.5) is 0 Å². The molecule has 12 nitrogen and oxygen atoms in total. The normalized spacial score (nSPS) is 14.9. The molecule has 4 rings (SSSR count). The molecule has 0 spiro atoms. The molecule has 2 aromatic carbocycles. The molecule has 2 saturated heterocycles. The van der Waals surface area contributed by atoms with Gasteiger partial charge in [0.05, 0.1) is 24.3 Å². The van der Waals surface area contributed by atoms with Gasteiger partial charge in [0.2, 0.25) is 23.6 Å². The zero-order valence-electron chi connectivity index (χ0n) is 30.3. The Labute approximate surface area is 324 Å². The minimum absolute atomic E-state index is 0.0216. The first-order valence-corrected chi connectivity index (χ1v) is 18.8. The molecular weight excluding hydrogens is 743 g/mol. The van der Waals surface area contributed by atoms with Gasteiger partial charge in [0.15, 0.2) is 0 Å². The predicted molar refractivity (Wildman–Crippen MR) is 203 cm³/mol. The fourth-order valence-electron chi connectivity index (χ4n) is 6.00. The largest absolute Gasteiger partial charge is 0.469 e. The Bertz CT molecular complexity index is 1660. The van der Waals surface area contributed by atoms with E-state index in [2.05, 4.69) is 0 Å². The number of halogens is 2. The lowest BCUT2D eigenvalue weighted by atomic mass is 10.0. The number of hydrogen-bond donors (Lipinski definition) is 0. The molecule has 0 N–H and O–H groups in total. The summed E-state index contributed by atoms with van der Waals surface area (Å²) in [6.07, 6.45) is 6.93. The summed E-state index contributed by atoms with van der Waals surface area (Å²) >= 11 is 15.3. The van der Waals surface area contributed by atoms with Crippen LogP contribution in [0.2, 0.25) is 10.0 Å². The van der Waals surface area contributed by atoms with E-state index in [-0.39, 0.29) is 49.3 Å². The molecule has 0 aliphatic carbocycles. The average Bonchev–Trinajstić information content (AvgIpc) is 3.16. The number of ether oxygens (including phenoxy) is 2. The van der Waals surface area contributed by atoms with Gasteiger partial charge in [-0.3, -0.25) is 28.8 Å². The zero-order valence-corrected chi connectivity index (χ0v) is 32.7. The third-order valence-electron chi connectivity index (χ3n) is 9.21. The molecule has 284 valence electrons. The second-order valence-corrected chi connectivity index (χ2v) is 14.3. The van der Waals surface area contributed by atoms with Crippen molar-refractivity contribution in [3.05, 3.63) is 68.7 Å². The third kappa shape index (κ3) is 11.3. The summed E-state index contributed by atoms with van der Waals surface area (Å²) in [5.74, 6) is -1.25. The minimum atomic E-state index is -0.410. The van der Waals surface area contributed by atoms with Crippen LogP contribution in [0.1, 0.15) is 48.9 Å². The van der Waals surface area contributed by atoms with E-state index < -0.39 is 11.9 Å². The zero-order chi connectivity index (χ0) is 38.7. The number of carbonyl (C=O) groups is 6. The van der Waals surface area contributed by atoms with E-state index in [1.54, 1.807) is 31.8 Å². The summed E-state index contributed by atoms with van der Waals surface area (Å²) < 4.78 is 9.73. The van der Waals surface area contributed by atoms with Gasteiger partial charge in [-0.15, -0.1) is 0 Å². The maximum Gasteiger partial charge on any atom is 0.305 e. The average molecular weight is 788 g/mol. The second-order valence-electron chi connectivity index (χ2n) is 12.5. The third-order valence-corrected chi connectivity index (χ3v) is 11.4. The van der Waals surface area contributed by atoms with Crippen LogP contribution in [0.3, 0.4) is 0 Å². The second kappa shape index (κ2) is 19.7. The van der Waals surface area contributed by atoms with Gasteiger partial charge in [-0.2, -0.15) is 0 Å². The number of esters is 2. The molecule has 0 unspecified atom stereocenters. The number of methoxy groups -OCH3 is 2. The molecule has 2 aromatic rings. The summed E-state index contributed by atoms with van der Waals surface area (Å²) in [5.41, 5.74) is 2.63. The van der Waals surface area contributed by atoms with Crippen molar-refractivity contribution in [1.82, 2.24) is 19.6 Å². The van der Waals surface area contributed by atoms with Crippen molar-refractivity contribution in [2.45, 2.75) is 49.3 Å². The number of hydrogen-bond acceptors (Lipinski definition) is 9. The highest BCUT2D eigenvalue weighted by molar-refractivity contribution is 7.99. The Kier molecular flexibility index (Phi) is 15.4. The summed E-state index contributed by atoms with van der Waals surface area (Å²) in [5, 5.41) is 0.769. The van der Waals surface area contributed by atoms with Crippen LogP contribution in [0, 0.1) is 0 Å². The number of benzene rings is 2. The molecule has 0 radical (unpaired) electrons. The van der Waals surface area contributed by atoms with Crippen LogP contribution in [0.5, 0.6) is 0 Å². The minimum Gasteiger partial charge on any atom is -0.469 e. The van der Waals surface area contributed by atoms with Gasteiger partial charge in [0.25, 0.3) is 0 Å². The Balaban J connectivity index is 1.59. The van der Waals surface area contributed by atoms with E-state index >= 15 is 0 Å². The van der Waals surface area contributed by atoms with Crippen LogP contribution >= 0.6 is 35.0 Å². The smallest absolute Gasteiger partial charge is 0.305 e. The maximum absolute atomic E-state index is 13.0. The predicted octanol–water partition coefficient (Wildman–Crippen LogP) is 4.76. The quantitative estimate of drug-likeness (QED) is 0.221. The Morgan fingerprint density at radius 3 is 1.26 bits per heavy atom. The molecule has 0 aromatic heterocycles. The van der Waals surface area contributed by atoms with Gasteiger partial charge in [0, 0.05) is 101 Å². The van der Waals surface area contributed by atoms with E-state index in [9.17, 15) is 28.8 Å². The summed E-state index contributed by atoms with van der Waals surface area (Å²) in [4.78, 5) is 81.7. The molecule has 0 saturated carbocycles. The van der Waals surface area contributed by atoms with Crippen LogP contribution in [0.15, 0.2) is 46.2 Å². The Hall–Kier alpha value is -4.33.